The van der Waals surface area contributed by atoms with Gasteiger partial charge in [0.15, 0.2) is 11.6 Å². The number of ether oxygens (including phenoxy) is 1. The molecular formula is C21H24N4O6S. The Labute approximate surface area is 188 Å². The van der Waals surface area contributed by atoms with Gasteiger partial charge in [0.2, 0.25) is 5.78 Å². The standard InChI is InChI=1S/C21H24N4O6S/c1-5-6-12(30-4)8-22-16-13(9-26)18(27)17(16)23-14-10-32-20(19(14)28)21(29)25(3)15-7-11(2)31-24-15/h6-7,9-10,22-23,26,28H,5,8H2,1-4H3/b12-6-,13-9+. The molecule has 0 unspecified atom stereocenters. The number of ketones is 1. The van der Waals surface area contributed by atoms with E-state index in [1.54, 1.807) is 20.1 Å². The summed E-state index contributed by atoms with van der Waals surface area (Å²) in [7, 11) is 3.06. The summed E-state index contributed by atoms with van der Waals surface area (Å²) in [5.41, 5.74) is 0.834. The first-order valence-electron chi connectivity index (χ1n) is 9.71. The van der Waals surface area contributed by atoms with Crippen LogP contribution in [0.2, 0.25) is 0 Å². The van der Waals surface area contributed by atoms with Crippen molar-refractivity contribution in [3.05, 3.63) is 57.1 Å². The van der Waals surface area contributed by atoms with Crippen molar-refractivity contribution in [2.45, 2.75) is 20.3 Å². The van der Waals surface area contributed by atoms with E-state index in [2.05, 4.69) is 15.8 Å². The molecule has 32 heavy (non-hydrogen) atoms. The monoisotopic (exact) mass is 460 g/mol. The molecule has 0 aliphatic heterocycles. The second kappa shape index (κ2) is 9.60. The van der Waals surface area contributed by atoms with E-state index in [0.29, 0.717) is 29.6 Å². The Bertz CT molecular complexity index is 1130. The first kappa shape index (κ1) is 22.9. The number of anilines is 2. The number of aliphatic hydroxyl groups excluding tert-OH is 1. The minimum absolute atomic E-state index is 0.0722. The molecule has 0 bridgehead atoms. The molecule has 0 spiro atoms. The zero-order chi connectivity index (χ0) is 23.4. The Morgan fingerprint density at radius 1 is 1.41 bits per heavy atom. The second-order valence-corrected chi connectivity index (χ2v) is 7.75. The molecule has 0 radical (unpaired) electrons. The maximum atomic E-state index is 12.8. The maximum absolute atomic E-state index is 12.8. The average Bonchev–Trinajstić information content (AvgIpc) is 3.38. The van der Waals surface area contributed by atoms with Gasteiger partial charge in [0, 0.05) is 18.5 Å². The van der Waals surface area contributed by atoms with Crippen molar-refractivity contribution in [3.8, 4) is 5.75 Å². The van der Waals surface area contributed by atoms with Crippen LogP contribution < -0.4 is 15.5 Å². The number of Topliss-reactive ketones (excluding diaryl/α,β-unsaturated/α-hetero) is 1. The third-order valence-electron chi connectivity index (χ3n) is 4.74. The number of rotatable bonds is 9. The van der Waals surface area contributed by atoms with Gasteiger partial charge in [0.05, 0.1) is 36.9 Å². The number of hydrogen-bond acceptors (Lipinski definition) is 10. The summed E-state index contributed by atoms with van der Waals surface area (Å²) in [5.74, 6) is 0.328. The minimum atomic E-state index is -0.480. The number of aryl methyl sites for hydroxylation is 1. The summed E-state index contributed by atoms with van der Waals surface area (Å²) in [4.78, 5) is 26.5. The van der Waals surface area contributed by atoms with E-state index in [4.69, 9.17) is 9.26 Å². The summed E-state index contributed by atoms with van der Waals surface area (Å²) in [6, 6.07) is 1.60. The molecule has 0 aromatic carbocycles. The van der Waals surface area contributed by atoms with Crippen molar-refractivity contribution >= 4 is 34.5 Å². The number of carbonyl (C=O) groups is 2. The van der Waals surface area contributed by atoms with Crippen molar-refractivity contribution in [1.29, 1.82) is 0 Å². The van der Waals surface area contributed by atoms with Gasteiger partial charge in [-0.2, -0.15) is 0 Å². The van der Waals surface area contributed by atoms with Gasteiger partial charge in [-0.3, -0.25) is 14.5 Å². The lowest BCUT2D eigenvalue weighted by Crippen LogP contribution is -2.36. The molecule has 2 aromatic heterocycles. The van der Waals surface area contributed by atoms with Crippen LogP contribution in [-0.2, 0) is 9.53 Å². The van der Waals surface area contributed by atoms with Gasteiger partial charge in [0.25, 0.3) is 5.91 Å². The molecule has 2 aromatic rings. The van der Waals surface area contributed by atoms with Gasteiger partial charge < -0.3 is 30.1 Å². The quantitative estimate of drug-likeness (QED) is 0.328. The molecule has 0 saturated heterocycles. The zero-order valence-electron chi connectivity index (χ0n) is 18.1. The topological polar surface area (TPSA) is 137 Å². The van der Waals surface area contributed by atoms with Gasteiger partial charge in [-0.1, -0.05) is 12.1 Å². The molecule has 10 nitrogen and oxygen atoms in total. The molecule has 0 saturated carbocycles. The zero-order valence-corrected chi connectivity index (χ0v) is 18.9. The van der Waals surface area contributed by atoms with Gasteiger partial charge in [0.1, 0.15) is 22.1 Å². The molecule has 0 atom stereocenters. The Balaban J connectivity index is 1.81. The van der Waals surface area contributed by atoms with Gasteiger partial charge >= 0.3 is 0 Å². The average molecular weight is 461 g/mol. The van der Waals surface area contributed by atoms with E-state index < -0.39 is 11.7 Å². The normalized spacial score (nSPS) is 15.1. The Morgan fingerprint density at radius 2 is 2.16 bits per heavy atom. The van der Waals surface area contributed by atoms with Gasteiger partial charge in [-0.05, 0) is 19.4 Å². The van der Waals surface area contributed by atoms with Gasteiger partial charge in [-0.15, -0.1) is 11.3 Å². The first-order chi connectivity index (χ1) is 15.3. The van der Waals surface area contributed by atoms with Crippen molar-refractivity contribution in [3.63, 3.8) is 0 Å². The molecule has 1 amide bonds. The van der Waals surface area contributed by atoms with Gasteiger partial charge in [-0.25, -0.2) is 0 Å². The van der Waals surface area contributed by atoms with Crippen LogP contribution in [0.5, 0.6) is 5.75 Å². The highest BCUT2D eigenvalue weighted by molar-refractivity contribution is 7.13. The number of aliphatic hydroxyl groups is 1. The van der Waals surface area contributed by atoms with Crippen LogP contribution in [0.4, 0.5) is 11.5 Å². The maximum Gasteiger partial charge on any atom is 0.273 e. The SMILES string of the molecule is CC/C=C(/CNC1=C(Nc2csc(C(=O)N(C)c3cc(C)on3)c2O)C(=O)/C1=C/O)OC. The number of aromatic hydroxyl groups is 1. The predicted octanol–water partition coefficient (Wildman–Crippen LogP) is 3.20. The van der Waals surface area contributed by atoms with Crippen LogP contribution in [0, 0.1) is 6.92 Å². The third kappa shape index (κ3) is 4.33. The lowest BCUT2D eigenvalue weighted by molar-refractivity contribution is -0.113. The van der Waals surface area contributed by atoms with Crippen molar-refractivity contribution in [1.82, 2.24) is 10.5 Å². The van der Waals surface area contributed by atoms with Crippen LogP contribution in [0.1, 0.15) is 28.8 Å². The smallest absolute Gasteiger partial charge is 0.273 e. The van der Waals surface area contributed by atoms with Crippen LogP contribution in [-0.4, -0.2) is 47.8 Å². The number of hydrogen-bond donors (Lipinski definition) is 4. The summed E-state index contributed by atoms with van der Waals surface area (Å²) in [6.45, 7) is 3.98. The highest BCUT2D eigenvalue weighted by Crippen LogP contribution is 2.39. The van der Waals surface area contributed by atoms with E-state index >= 15 is 0 Å². The number of amides is 1. The fourth-order valence-electron chi connectivity index (χ4n) is 2.99. The van der Waals surface area contributed by atoms with E-state index in [1.807, 2.05) is 13.0 Å². The summed E-state index contributed by atoms with van der Waals surface area (Å²) >= 11 is 1.02. The van der Waals surface area contributed by atoms with Crippen LogP contribution in [0.15, 0.2) is 51.0 Å². The second-order valence-electron chi connectivity index (χ2n) is 6.87. The molecular weight excluding hydrogens is 436 g/mol. The molecule has 4 N–H and O–H groups in total. The summed E-state index contributed by atoms with van der Waals surface area (Å²) in [5, 5.41) is 31.2. The Kier molecular flexibility index (Phi) is 6.89. The number of nitrogens with zero attached hydrogens (tertiary/aromatic N) is 2. The van der Waals surface area contributed by atoms with E-state index in [9.17, 15) is 19.8 Å². The highest BCUT2D eigenvalue weighted by Gasteiger charge is 2.35. The van der Waals surface area contributed by atoms with Crippen LogP contribution in [0.25, 0.3) is 0 Å². The number of aromatic nitrogens is 1. The first-order valence-corrected chi connectivity index (χ1v) is 10.6. The van der Waals surface area contributed by atoms with Crippen molar-refractivity contribution in [2.75, 3.05) is 30.9 Å². The molecule has 3 rings (SSSR count). The van der Waals surface area contributed by atoms with Crippen LogP contribution >= 0.6 is 11.3 Å². The highest BCUT2D eigenvalue weighted by atomic mass is 32.1. The molecule has 170 valence electrons. The predicted molar refractivity (Wildman–Crippen MR) is 120 cm³/mol. The van der Waals surface area contributed by atoms with Crippen molar-refractivity contribution < 1.29 is 29.1 Å². The molecule has 2 heterocycles. The molecule has 0 fully saturated rings. The fraction of sp³-hybridized carbons (Fsp3) is 0.286. The van der Waals surface area contributed by atoms with Crippen LogP contribution in [0.3, 0.4) is 0 Å². The van der Waals surface area contributed by atoms with E-state index in [0.717, 1.165) is 24.0 Å². The number of methoxy groups -OCH3 is 1. The summed E-state index contributed by atoms with van der Waals surface area (Å²) < 4.78 is 10.2. The molecule has 11 heteroatoms. The van der Waals surface area contributed by atoms with E-state index in [-0.39, 0.29) is 27.6 Å². The fourth-order valence-corrected chi connectivity index (χ4v) is 3.85. The lowest BCUT2D eigenvalue weighted by Gasteiger charge is -2.27. The van der Waals surface area contributed by atoms with Crippen molar-refractivity contribution in [2.24, 2.45) is 0 Å². The largest absolute Gasteiger partial charge is 0.515 e. The number of allylic oxidation sites excluding steroid dienone is 3. The molecule has 1 aliphatic carbocycles. The number of carbonyl (C=O) groups excluding carboxylic acids is 2. The number of thiophene rings is 1. The molecule has 1 aliphatic rings. The minimum Gasteiger partial charge on any atom is -0.515 e. The Morgan fingerprint density at radius 3 is 2.75 bits per heavy atom. The Hall–Kier alpha value is -3.73. The summed E-state index contributed by atoms with van der Waals surface area (Å²) in [6.07, 6.45) is 3.39. The van der Waals surface area contributed by atoms with E-state index in [1.165, 1.54) is 17.3 Å². The number of nitrogens with one attached hydrogen (secondary N) is 2. The lowest BCUT2D eigenvalue weighted by atomic mass is 9.92. The third-order valence-corrected chi connectivity index (χ3v) is 5.69.